The van der Waals surface area contributed by atoms with Crippen LogP contribution in [0.2, 0.25) is 0 Å². The van der Waals surface area contributed by atoms with Gasteiger partial charge in [0.1, 0.15) is 0 Å². The highest BCUT2D eigenvalue weighted by molar-refractivity contribution is 7.99. The summed E-state index contributed by atoms with van der Waals surface area (Å²) >= 11 is 3.30. The van der Waals surface area contributed by atoms with Gasteiger partial charge in [0.05, 0.1) is 28.4 Å². The van der Waals surface area contributed by atoms with E-state index in [1.54, 1.807) is 52.0 Å². The van der Waals surface area contributed by atoms with E-state index in [0.717, 1.165) is 20.9 Å². The molecule has 0 saturated heterocycles. The predicted molar refractivity (Wildman–Crippen MR) is 102 cm³/mol. The standard InChI is InChI=1S/C18H22O4S2/c1-19-11-7-9-13(23-5)15(17(11)21-3)16-14(24-6)10-8-12(20-2)18(16)22-4/h7-10H,1-6H3. The van der Waals surface area contributed by atoms with E-state index in [0.29, 0.717) is 23.0 Å². The van der Waals surface area contributed by atoms with Crippen molar-refractivity contribution in [2.24, 2.45) is 0 Å². The summed E-state index contributed by atoms with van der Waals surface area (Å²) < 4.78 is 22.4. The van der Waals surface area contributed by atoms with Gasteiger partial charge in [-0.05, 0) is 36.8 Å². The molecule has 24 heavy (non-hydrogen) atoms. The molecule has 0 aliphatic carbocycles. The Morgan fingerprint density at radius 2 is 0.958 bits per heavy atom. The van der Waals surface area contributed by atoms with Crippen LogP contribution in [0, 0.1) is 0 Å². The molecule has 0 bridgehead atoms. The van der Waals surface area contributed by atoms with Gasteiger partial charge >= 0.3 is 0 Å². The van der Waals surface area contributed by atoms with Crippen molar-refractivity contribution in [2.75, 3.05) is 41.0 Å². The van der Waals surface area contributed by atoms with Crippen molar-refractivity contribution in [1.29, 1.82) is 0 Å². The van der Waals surface area contributed by atoms with E-state index in [4.69, 9.17) is 18.9 Å². The Morgan fingerprint density at radius 3 is 1.21 bits per heavy atom. The van der Waals surface area contributed by atoms with E-state index in [2.05, 4.69) is 0 Å². The molecule has 0 aliphatic heterocycles. The molecular formula is C18H22O4S2. The molecule has 0 amide bonds. The van der Waals surface area contributed by atoms with E-state index >= 15 is 0 Å². The van der Waals surface area contributed by atoms with Gasteiger partial charge in [0, 0.05) is 20.9 Å². The Labute approximate surface area is 151 Å². The largest absolute Gasteiger partial charge is 0.493 e. The lowest BCUT2D eigenvalue weighted by molar-refractivity contribution is 0.350. The fraction of sp³-hybridized carbons (Fsp3) is 0.333. The van der Waals surface area contributed by atoms with Crippen molar-refractivity contribution in [3.8, 4) is 34.1 Å². The van der Waals surface area contributed by atoms with Gasteiger partial charge in [-0.2, -0.15) is 0 Å². The van der Waals surface area contributed by atoms with Crippen molar-refractivity contribution in [3.63, 3.8) is 0 Å². The first-order valence-corrected chi connectivity index (χ1v) is 9.70. The summed E-state index contributed by atoms with van der Waals surface area (Å²) in [7, 11) is 6.57. The minimum atomic E-state index is 0.683. The summed E-state index contributed by atoms with van der Waals surface area (Å²) in [6.45, 7) is 0. The molecule has 6 heteroatoms. The molecule has 0 radical (unpaired) electrons. The predicted octanol–water partition coefficient (Wildman–Crippen LogP) is 4.83. The number of thioether (sulfide) groups is 2. The number of rotatable bonds is 7. The molecule has 0 heterocycles. The second-order valence-electron chi connectivity index (χ2n) is 4.76. The molecule has 0 aromatic heterocycles. The monoisotopic (exact) mass is 366 g/mol. The maximum Gasteiger partial charge on any atom is 0.169 e. The maximum absolute atomic E-state index is 5.69. The highest BCUT2D eigenvalue weighted by Crippen LogP contribution is 2.52. The lowest BCUT2D eigenvalue weighted by Crippen LogP contribution is -2.00. The van der Waals surface area contributed by atoms with Crippen molar-refractivity contribution >= 4 is 23.5 Å². The lowest BCUT2D eigenvalue weighted by atomic mass is 10.0. The van der Waals surface area contributed by atoms with Crippen LogP contribution in [0.1, 0.15) is 0 Å². The minimum Gasteiger partial charge on any atom is -0.493 e. The summed E-state index contributed by atoms with van der Waals surface area (Å²) in [4.78, 5) is 2.16. The molecule has 2 aromatic rings. The van der Waals surface area contributed by atoms with Crippen molar-refractivity contribution in [2.45, 2.75) is 9.79 Å². The molecule has 4 nitrogen and oxygen atoms in total. The van der Waals surface area contributed by atoms with Crippen LogP contribution < -0.4 is 18.9 Å². The van der Waals surface area contributed by atoms with Crippen LogP contribution in [0.4, 0.5) is 0 Å². The number of ether oxygens (including phenoxy) is 4. The van der Waals surface area contributed by atoms with Crippen molar-refractivity contribution in [1.82, 2.24) is 0 Å². The fourth-order valence-corrected chi connectivity index (χ4v) is 3.84. The van der Waals surface area contributed by atoms with E-state index in [1.165, 1.54) is 0 Å². The Bertz CT molecular complexity index is 655. The quantitative estimate of drug-likeness (QED) is 0.653. The first kappa shape index (κ1) is 18.7. The molecule has 0 fully saturated rings. The van der Waals surface area contributed by atoms with E-state index in [1.807, 2.05) is 36.8 Å². The van der Waals surface area contributed by atoms with Crippen LogP contribution in [-0.2, 0) is 0 Å². The van der Waals surface area contributed by atoms with E-state index in [-0.39, 0.29) is 0 Å². The average molecular weight is 367 g/mol. The van der Waals surface area contributed by atoms with Crippen molar-refractivity contribution in [3.05, 3.63) is 24.3 Å². The molecule has 0 unspecified atom stereocenters. The highest BCUT2D eigenvalue weighted by Gasteiger charge is 2.24. The number of benzene rings is 2. The third-order valence-electron chi connectivity index (χ3n) is 3.70. The minimum absolute atomic E-state index is 0.683. The second kappa shape index (κ2) is 8.44. The van der Waals surface area contributed by atoms with Gasteiger partial charge in [0.15, 0.2) is 23.0 Å². The second-order valence-corrected chi connectivity index (χ2v) is 6.45. The Kier molecular flexibility index (Phi) is 6.57. The average Bonchev–Trinajstić information content (AvgIpc) is 2.64. The molecule has 2 aromatic carbocycles. The molecule has 0 N–H and O–H groups in total. The summed E-state index contributed by atoms with van der Waals surface area (Å²) in [5.41, 5.74) is 1.90. The summed E-state index contributed by atoms with van der Waals surface area (Å²) in [5, 5.41) is 0. The highest BCUT2D eigenvalue weighted by atomic mass is 32.2. The SMILES string of the molecule is COc1ccc(SC)c(-c2c(SC)ccc(OC)c2OC)c1OC. The van der Waals surface area contributed by atoms with E-state index in [9.17, 15) is 0 Å². The van der Waals surface area contributed by atoms with Gasteiger partial charge in [-0.1, -0.05) is 0 Å². The van der Waals surface area contributed by atoms with Crippen LogP contribution in [0.25, 0.3) is 11.1 Å². The molecule has 0 atom stereocenters. The van der Waals surface area contributed by atoms with Crippen LogP contribution in [0.15, 0.2) is 34.1 Å². The lowest BCUT2D eigenvalue weighted by Gasteiger charge is -2.21. The summed E-state index contributed by atoms with van der Waals surface area (Å²) in [5.74, 6) is 2.74. The molecule has 0 spiro atoms. The molecule has 130 valence electrons. The summed E-state index contributed by atoms with van der Waals surface area (Å²) in [6, 6.07) is 7.90. The third kappa shape index (κ3) is 3.26. The first-order valence-electron chi connectivity index (χ1n) is 7.25. The zero-order chi connectivity index (χ0) is 17.7. The summed E-state index contributed by atoms with van der Waals surface area (Å²) in [6.07, 6.45) is 4.08. The van der Waals surface area contributed by atoms with Crippen LogP contribution in [0.3, 0.4) is 0 Å². The number of hydrogen-bond donors (Lipinski definition) is 0. The van der Waals surface area contributed by atoms with Gasteiger partial charge in [0.25, 0.3) is 0 Å². The van der Waals surface area contributed by atoms with Crippen LogP contribution >= 0.6 is 23.5 Å². The van der Waals surface area contributed by atoms with E-state index < -0.39 is 0 Å². The molecule has 0 aliphatic rings. The van der Waals surface area contributed by atoms with Gasteiger partial charge in [-0.15, -0.1) is 23.5 Å². The van der Waals surface area contributed by atoms with Crippen LogP contribution in [0.5, 0.6) is 23.0 Å². The zero-order valence-electron chi connectivity index (χ0n) is 14.8. The van der Waals surface area contributed by atoms with Gasteiger partial charge in [0.2, 0.25) is 0 Å². The van der Waals surface area contributed by atoms with Gasteiger partial charge in [-0.3, -0.25) is 0 Å². The Balaban J connectivity index is 2.94. The van der Waals surface area contributed by atoms with Crippen LogP contribution in [-0.4, -0.2) is 41.0 Å². The third-order valence-corrected chi connectivity index (χ3v) is 5.26. The Morgan fingerprint density at radius 1 is 0.583 bits per heavy atom. The smallest absolute Gasteiger partial charge is 0.169 e. The Hall–Kier alpha value is -1.66. The van der Waals surface area contributed by atoms with Crippen molar-refractivity contribution < 1.29 is 18.9 Å². The van der Waals surface area contributed by atoms with Gasteiger partial charge < -0.3 is 18.9 Å². The normalized spacial score (nSPS) is 10.4. The molecule has 2 rings (SSSR count). The molecular weight excluding hydrogens is 344 g/mol. The maximum atomic E-state index is 5.69. The van der Waals surface area contributed by atoms with Gasteiger partial charge in [-0.25, -0.2) is 0 Å². The number of hydrogen-bond acceptors (Lipinski definition) is 6. The number of methoxy groups -OCH3 is 4. The first-order chi connectivity index (χ1) is 11.7. The fourth-order valence-electron chi connectivity index (χ4n) is 2.63. The molecule has 0 saturated carbocycles. The topological polar surface area (TPSA) is 36.9 Å². The zero-order valence-corrected chi connectivity index (χ0v) is 16.4.